The molecule has 0 saturated heterocycles. The molecule has 1 N–H and O–H groups in total. The third-order valence-electron chi connectivity index (χ3n) is 3.04. The fourth-order valence-corrected chi connectivity index (χ4v) is 1.90. The van der Waals surface area contributed by atoms with E-state index in [1.807, 2.05) is 43.3 Å². The van der Waals surface area contributed by atoms with Crippen LogP contribution in [-0.4, -0.2) is 18.0 Å². The highest BCUT2D eigenvalue weighted by Crippen LogP contribution is 2.15. The standard InChI is InChI=1S/C16H18N2O2/c1-12-5-4-10-17-16(12)18-15(19)9-8-13-6-3-7-14(11-13)20-2/h3-7,10-11H,8-9H2,1-2H3,(H,17,18,19). The molecule has 1 aromatic heterocycles. The lowest BCUT2D eigenvalue weighted by Crippen LogP contribution is -2.14. The van der Waals surface area contributed by atoms with Gasteiger partial charge in [-0.2, -0.15) is 0 Å². The first-order valence-electron chi connectivity index (χ1n) is 6.53. The number of methoxy groups -OCH3 is 1. The predicted molar refractivity (Wildman–Crippen MR) is 78.9 cm³/mol. The lowest BCUT2D eigenvalue weighted by atomic mass is 10.1. The molecule has 4 nitrogen and oxygen atoms in total. The van der Waals surface area contributed by atoms with Crippen LogP contribution in [0.3, 0.4) is 0 Å². The fraction of sp³-hybridized carbons (Fsp3) is 0.250. The summed E-state index contributed by atoms with van der Waals surface area (Å²) in [7, 11) is 1.63. The smallest absolute Gasteiger partial charge is 0.225 e. The van der Waals surface area contributed by atoms with E-state index in [1.54, 1.807) is 13.3 Å². The van der Waals surface area contributed by atoms with Crippen LogP contribution in [-0.2, 0) is 11.2 Å². The average molecular weight is 270 g/mol. The minimum atomic E-state index is -0.0328. The molecule has 1 heterocycles. The highest BCUT2D eigenvalue weighted by Gasteiger charge is 2.06. The first-order chi connectivity index (χ1) is 9.69. The maximum atomic E-state index is 11.9. The van der Waals surface area contributed by atoms with Crippen LogP contribution >= 0.6 is 0 Å². The molecule has 0 saturated carbocycles. The zero-order valence-electron chi connectivity index (χ0n) is 11.7. The molecule has 0 fully saturated rings. The molecule has 0 spiro atoms. The van der Waals surface area contributed by atoms with Crippen LogP contribution in [0.4, 0.5) is 5.82 Å². The normalized spacial score (nSPS) is 10.1. The number of carbonyl (C=O) groups is 1. The number of nitrogens with one attached hydrogen (secondary N) is 1. The molecule has 4 heteroatoms. The van der Waals surface area contributed by atoms with Crippen molar-refractivity contribution < 1.29 is 9.53 Å². The number of nitrogens with zero attached hydrogens (tertiary/aromatic N) is 1. The zero-order valence-corrected chi connectivity index (χ0v) is 11.7. The molecule has 2 aromatic rings. The number of hydrogen-bond acceptors (Lipinski definition) is 3. The molecule has 0 aliphatic carbocycles. The Hall–Kier alpha value is -2.36. The summed E-state index contributed by atoms with van der Waals surface area (Å²) >= 11 is 0. The zero-order chi connectivity index (χ0) is 14.4. The van der Waals surface area contributed by atoms with E-state index >= 15 is 0 Å². The Kier molecular flexibility index (Phi) is 4.71. The molecule has 0 aliphatic heterocycles. The van der Waals surface area contributed by atoms with Gasteiger partial charge in [-0.3, -0.25) is 4.79 Å². The van der Waals surface area contributed by atoms with E-state index in [-0.39, 0.29) is 5.91 Å². The van der Waals surface area contributed by atoms with Crippen molar-refractivity contribution in [3.8, 4) is 5.75 Å². The first-order valence-corrected chi connectivity index (χ1v) is 6.53. The number of hydrogen-bond donors (Lipinski definition) is 1. The van der Waals surface area contributed by atoms with Gasteiger partial charge in [-0.15, -0.1) is 0 Å². The van der Waals surface area contributed by atoms with Gasteiger partial charge in [0.05, 0.1) is 7.11 Å². The molecule has 104 valence electrons. The van der Waals surface area contributed by atoms with Gasteiger partial charge in [0, 0.05) is 12.6 Å². The van der Waals surface area contributed by atoms with Crippen LogP contribution < -0.4 is 10.1 Å². The van der Waals surface area contributed by atoms with Gasteiger partial charge in [-0.1, -0.05) is 18.2 Å². The summed E-state index contributed by atoms with van der Waals surface area (Å²) in [4.78, 5) is 16.1. The van der Waals surface area contributed by atoms with Crippen molar-refractivity contribution >= 4 is 11.7 Å². The first kappa shape index (κ1) is 14.1. The second kappa shape index (κ2) is 6.70. The number of aromatic nitrogens is 1. The van der Waals surface area contributed by atoms with E-state index in [9.17, 15) is 4.79 Å². The van der Waals surface area contributed by atoms with Gasteiger partial charge in [0.1, 0.15) is 11.6 Å². The molecular weight excluding hydrogens is 252 g/mol. The summed E-state index contributed by atoms with van der Waals surface area (Å²) in [6.45, 7) is 1.92. The molecule has 20 heavy (non-hydrogen) atoms. The van der Waals surface area contributed by atoms with Crippen molar-refractivity contribution in [3.63, 3.8) is 0 Å². The van der Waals surface area contributed by atoms with Crippen LogP contribution in [0, 0.1) is 6.92 Å². The van der Waals surface area contributed by atoms with Crippen molar-refractivity contribution in [2.24, 2.45) is 0 Å². The van der Waals surface area contributed by atoms with E-state index < -0.39 is 0 Å². The maximum Gasteiger partial charge on any atom is 0.225 e. The maximum absolute atomic E-state index is 11.9. The highest BCUT2D eigenvalue weighted by molar-refractivity contribution is 5.90. The van der Waals surface area contributed by atoms with E-state index in [1.165, 1.54) is 0 Å². The second-order valence-electron chi connectivity index (χ2n) is 4.57. The molecule has 0 aliphatic rings. The molecular formula is C16H18N2O2. The molecule has 2 rings (SSSR count). The van der Waals surface area contributed by atoms with Crippen molar-refractivity contribution in [3.05, 3.63) is 53.7 Å². The number of amides is 1. The third-order valence-corrected chi connectivity index (χ3v) is 3.04. The second-order valence-corrected chi connectivity index (χ2v) is 4.57. The van der Waals surface area contributed by atoms with E-state index in [4.69, 9.17) is 4.74 Å². The van der Waals surface area contributed by atoms with Crippen molar-refractivity contribution in [1.29, 1.82) is 0 Å². The van der Waals surface area contributed by atoms with Gasteiger partial charge in [-0.05, 0) is 42.7 Å². The Balaban J connectivity index is 1.90. The van der Waals surface area contributed by atoms with E-state index in [0.717, 1.165) is 16.9 Å². The number of ether oxygens (including phenoxy) is 1. The van der Waals surface area contributed by atoms with Crippen LogP contribution in [0.1, 0.15) is 17.5 Å². The quantitative estimate of drug-likeness (QED) is 0.908. The minimum absolute atomic E-state index is 0.0328. The lowest BCUT2D eigenvalue weighted by molar-refractivity contribution is -0.116. The van der Waals surface area contributed by atoms with Gasteiger partial charge in [-0.25, -0.2) is 4.98 Å². The Labute approximate surface area is 118 Å². The number of aryl methyl sites for hydroxylation is 2. The van der Waals surface area contributed by atoms with E-state index in [0.29, 0.717) is 18.7 Å². The number of carbonyl (C=O) groups excluding carboxylic acids is 1. The summed E-state index contributed by atoms with van der Waals surface area (Å²) in [6.07, 6.45) is 2.77. The molecule has 0 radical (unpaired) electrons. The highest BCUT2D eigenvalue weighted by atomic mass is 16.5. The van der Waals surface area contributed by atoms with Crippen molar-refractivity contribution in [1.82, 2.24) is 4.98 Å². The third kappa shape index (κ3) is 3.82. The Morgan fingerprint density at radius 1 is 1.30 bits per heavy atom. The van der Waals surface area contributed by atoms with Crippen molar-refractivity contribution in [2.75, 3.05) is 12.4 Å². The fourth-order valence-electron chi connectivity index (χ4n) is 1.90. The van der Waals surface area contributed by atoms with Gasteiger partial charge in [0.2, 0.25) is 5.91 Å². The average Bonchev–Trinajstić information content (AvgIpc) is 2.48. The van der Waals surface area contributed by atoms with E-state index in [2.05, 4.69) is 10.3 Å². The molecule has 1 aromatic carbocycles. The van der Waals surface area contributed by atoms with Crippen LogP contribution in [0.25, 0.3) is 0 Å². The van der Waals surface area contributed by atoms with Gasteiger partial charge in [0.25, 0.3) is 0 Å². The number of rotatable bonds is 5. The molecule has 1 amide bonds. The summed E-state index contributed by atoms with van der Waals surface area (Å²) in [5.41, 5.74) is 2.04. The Morgan fingerprint density at radius 2 is 2.15 bits per heavy atom. The van der Waals surface area contributed by atoms with Gasteiger partial charge in [0.15, 0.2) is 0 Å². The SMILES string of the molecule is COc1cccc(CCC(=O)Nc2ncccc2C)c1. The number of benzene rings is 1. The minimum Gasteiger partial charge on any atom is -0.497 e. The summed E-state index contributed by atoms with van der Waals surface area (Å²) in [5, 5.41) is 2.83. The largest absolute Gasteiger partial charge is 0.497 e. The summed E-state index contributed by atoms with van der Waals surface area (Å²) < 4.78 is 5.16. The monoisotopic (exact) mass is 270 g/mol. The van der Waals surface area contributed by atoms with Gasteiger partial charge < -0.3 is 10.1 Å². The van der Waals surface area contributed by atoms with Crippen LogP contribution in [0.5, 0.6) is 5.75 Å². The molecule has 0 bridgehead atoms. The molecule has 0 atom stereocenters. The Bertz CT molecular complexity index is 597. The Morgan fingerprint density at radius 3 is 2.90 bits per heavy atom. The van der Waals surface area contributed by atoms with Crippen LogP contribution in [0.15, 0.2) is 42.6 Å². The molecule has 0 unspecified atom stereocenters. The number of anilines is 1. The van der Waals surface area contributed by atoms with Crippen LogP contribution in [0.2, 0.25) is 0 Å². The number of pyridine rings is 1. The predicted octanol–water partition coefficient (Wildman–Crippen LogP) is 2.97. The topological polar surface area (TPSA) is 51.2 Å². The van der Waals surface area contributed by atoms with Crippen molar-refractivity contribution in [2.45, 2.75) is 19.8 Å². The lowest BCUT2D eigenvalue weighted by Gasteiger charge is -2.07. The summed E-state index contributed by atoms with van der Waals surface area (Å²) in [6, 6.07) is 11.5. The van der Waals surface area contributed by atoms with Gasteiger partial charge >= 0.3 is 0 Å². The summed E-state index contributed by atoms with van der Waals surface area (Å²) in [5.74, 6) is 1.40.